The fourth-order valence-corrected chi connectivity index (χ4v) is 3.24. The average Bonchev–Trinajstić information content (AvgIpc) is 2.77. The van der Waals surface area contributed by atoms with Crippen LogP contribution in [-0.2, 0) is 0 Å². The summed E-state index contributed by atoms with van der Waals surface area (Å²) in [5.41, 5.74) is 0.161. The van der Waals surface area contributed by atoms with Gasteiger partial charge in [0, 0.05) is 37.8 Å². The number of benzene rings is 2. The highest BCUT2D eigenvalue weighted by atomic mass is 16.6. The molecule has 29 heavy (non-hydrogen) atoms. The van der Waals surface area contributed by atoms with Crippen molar-refractivity contribution in [1.29, 1.82) is 0 Å². The van der Waals surface area contributed by atoms with Gasteiger partial charge in [-0.05, 0) is 12.1 Å². The first kappa shape index (κ1) is 20.1. The molecule has 2 aromatic carbocycles. The van der Waals surface area contributed by atoms with Gasteiger partial charge in [0.25, 0.3) is 17.5 Å². The molecule has 0 saturated carbocycles. The van der Waals surface area contributed by atoms with E-state index in [1.165, 1.54) is 31.3 Å². The first-order chi connectivity index (χ1) is 14.0. The Bertz CT molecular complexity index is 923. The van der Waals surface area contributed by atoms with Gasteiger partial charge in [0.2, 0.25) is 0 Å². The van der Waals surface area contributed by atoms with Gasteiger partial charge in [-0.1, -0.05) is 18.2 Å². The molecule has 1 aliphatic heterocycles. The van der Waals surface area contributed by atoms with Crippen LogP contribution in [0.4, 0.5) is 5.69 Å². The Hall–Kier alpha value is -3.62. The van der Waals surface area contributed by atoms with E-state index < -0.39 is 10.8 Å². The maximum atomic E-state index is 13.0. The zero-order valence-corrected chi connectivity index (χ0v) is 16.2. The van der Waals surface area contributed by atoms with Crippen LogP contribution in [0.15, 0.2) is 42.5 Å². The van der Waals surface area contributed by atoms with E-state index in [4.69, 9.17) is 9.47 Å². The molecule has 0 bridgehead atoms. The lowest BCUT2D eigenvalue weighted by Gasteiger charge is -2.34. The van der Waals surface area contributed by atoms with Crippen molar-refractivity contribution < 1.29 is 24.0 Å². The van der Waals surface area contributed by atoms with Gasteiger partial charge in [0.05, 0.1) is 25.2 Å². The minimum Gasteiger partial charge on any atom is -0.493 e. The molecule has 0 spiro atoms. The van der Waals surface area contributed by atoms with Crippen molar-refractivity contribution in [2.45, 2.75) is 0 Å². The van der Waals surface area contributed by atoms with E-state index >= 15 is 0 Å². The smallest absolute Gasteiger partial charge is 0.286 e. The molecular weight excluding hydrogens is 378 g/mol. The number of hydrogen-bond donors (Lipinski definition) is 0. The Morgan fingerprint density at radius 1 is 0.897 bits per heavy atom. The summed E-state index contributed by atoms with van der Waals surface area (Å²) in [6.07, 6.45) is 0. The van der Waals surface area contributed by atoms with Crippen LogP contribution in [0, 0.1) is 10.1 Å². The Morgan fingerprint density at radius 3 is 1.93 bits per heavy atom. The summed E-state index contributed by atoms with van der Waals surface area (Å²) in [7, 11) is 2.76. The van der Waals surface area contributed by atoms with Gasteiger partial charge in [0.15, 0.2) is 11.5 Å². The van der Waals surface area contributed by atoms with Crippen LogP contribution in [0.3, 0.4) is 0 Å². The van der Waals surface area contributed by atoms with Crippen molar-refractivity contribution in [2.24, 2.45) is 0 Å². The van der Waals surface area contributed by atoms with Crippen LogP contribution in [0.25, 0.3) is 0 Å². The summed E-state index contributed by atoms with van der Waals surface area (Å²) in [5, 5.41) is 11.5. The van der Waals surface area contributed by atoms with Gasteiger partial charge in [-0.3, -0.25) is 19.7 Å². The molecule has 0 radical (unpaired) electrons. The van der Waals surface area contributed by atoms with E-state index in [1.807, 2.05) is 6.07 Å². The molecule has 9 nitrogen and oxygen atoms in total. The van der Waals surface area contributed by atoms with Crippen LogP contribution in [0.5, 0.6) is 11.5 Å². The van der Waals surface area contributed by atoms with Gasteiger partial charge < -0.3 is 19.3 Å². The zero-order valence-electron chi connectivity index (χ0n) is 16.2. The number of carbonyl (C=O) groups is 2. The predicted molar refractivity (Wildman–Crippen MR) is 104 cm³/mol. The minimum atomic E-state index is -0.621. The van der Waals surface area contributed by atoms with Crippen LogP contribution < -0.4 is 9.47 Å². The summed E-state index contributed by atoms with van der Waals surface area (Å²) < 4.78 is 10.3. The highest BCUT2D eigenvalue weighted by Crippen LogP contribution is 2.35. The second-order valence-electron chi connectivity index (χ2n) is 6.43. The van der Waals surface area contributed by atoms with E-state index in [-0.39, 0.29) is 41.7 Å². The van der Waals surface area contributed by atoms with Crippen molar-refractivity contribution in [1.82, 2.24) is 9.80 Å². The molecule has 1 fully saturated rings. The third-order valence-corrected chi connectivity index (χ3v) is 4.80. The molecular formula is C20H21N3O6. The van der Waals surface area contributed by atoms with Gasteiger partial charge in [-0.2, -0.15) is 0 Å². The molecule has 0 aromatic heterocycles. The normalized spacial score (nSPS) is 13.7. The summed E-state index contributed by atoms with van der Waals surface area (Å²) in [6, 6.07) is 11.4. The SMILES string of the molecule is COc1cc(C(=O)N2CCN(C(=O)c3ccccc3)CC2)c([N+](=O)[O-])cc1OC. The zero-order chi connectivity index (χ0) is 21.0. The fourth-order valence-electron chi connectivity index (χ4n) is 3.24. The summed E-state index contributed by atoms with van der Waals surface area (Å²) in [4.78, 5) is 39.5. The standard InChI is InChI=1S/C20H21N3O6/c1-28-17-12-15(16(23(26)27)13-18(17)29-2)20(25)22-10-8-21(9-11-22)19(24)14-6-4-3-5-7-14/h3-7,12-13H,8-11H2,1-2H3. The number of methoxy groups -OCH3 is 2. The van der Waals surface area contributed by atoms with E-state index in [0.29, 0.717) is 18.7 Å². The van der Waals surface area contributed by atoms with Crippen molar-refractivity contribution in [3.8, 4) is 11.5 Å². The molecule has 1 aliphatic rings. The molecule has 1 heterocycles. The van der Waals surface area contributed by atoms with Crippen molar-refractivity contribution >= 4 is 17.5 Å². The molecule has 152 valence electrons. The first-order valence-corrected chi connectivity index (χ1v) is 9.00. The Kier molecular flexibility index (Phi) is 5.96. The number of amides is 2. The maximum absolute atomic E-state index is 13.0. The second-order valence-corrected chi connectivity index (χ2v) is 6.43. The summed E-state index contributed by atoms with van der Waals surface area (Å²) in [5.74, 6) is -0.173. The molecule has 3 rings (SSSR count). The van der Waals surface area contributed by atoms with Crippen LogP contribution >= 0.6 is 0 Å². The fraction of sp³-hybridized carbons (Fsp3) is 0.300. The second kappa shape index (κ2) is 8.59. The summed E-state index contributed by atoms with van der Waals surface area (Å²) >= 11 is 0. The Labute approximate surface area is 167 Å². The quantitative estimate of drug-likeness (QED) is 0.564. The maximum Gasteiger partial charge on any atom is 0.286 e. The van der Waals surface area contributed by atoms with Gasteiger partial charge in [-0.15, -0.1) is 0 Å². The molecule has 0 N–H and O–H groups in total. The van der Waals surface area contributed by atoms with Crippen molar-refractivity contribution in [3.63, 3.8) is 0 Å². The molecule has 0 atom stereocenters. The Balaban J connectivity index is 1.77. The number of carbonyl (C=O) groups excluding carboxylic acids is 2. The van der Waals surface area contributed by atoms with Crippen LogP contribution in [0.2, 0.25) is 0 Å². The van der Waals surface area contributed by atoms with E-state index in [9.17, 15) is 19.7 Å². The van der Waals surface area contributed by atoms with Gasteiger partial charge >= 0.3 is 0 Å². The Morgan fingerprint density at radius 2 is 1.41 bits per heavy atom. The number of nitro benzene ring substituents is 1. The molecule has 2 amide bonds. The summed E-state index contributed by atoms with van der Waals surface area (Å²) in [6.45, 7) is 1.26. The third kappa shape index (κ3) is 4.13. The van der Waals surface area contributed by atoms with Crippen LogP contribution in [-0.4, -0.2) is 66.9 Å². The number of hydrogen-bond acceptors (Lipinski definition) is 6. The number of nitrogens with zero attached hydrogens (tertiary/aromatic N) is 3. The average molecular weight is 399 g/mol. The highest BCUT2D eigenvalue weighted by Gasteiger charge is 2.31. The lowest BCUT2D eigenvalue weighted by atomic mass is 10.1. The first-order valence-electron chi connectivity index (χ1n) is 9.00. The molecule has 0 unspecified atom stereocenters. The van der Waals surface area contributed by atoms with Crippen LogP contribution in [0.1, 0.15) is 20.7 Å². The lowest BCUT2D eigenvalue weighted by molar-refractivity contribution is -0.385. The molecule has 1 saturated heterocycles. The number of ether oxygens (including phenoxy) is 2. The molecule has 9 heteroatoms. The number of rotatable bonds is 5. The van der Waals surface area contributed by atoms with E-state index in [1.54, 1.807) is 29.2 Å². The van der Waals surface area contributed by atoms with Gasteiger partial charge in [-0.25, -0.2) is 0 Å². The van der Waals surface area contributed by atoms with Crippen molar-refractivity contribution in [3.05, 3.63) is 63.7 Å². The third-order valence-electron chi connectivity index (χ3n) is 4.80. The molecule has 0 aliphatic carbocycles. The largest absolute Gasteiger partial charge is 0.493 e. The minimum absolute atomic E-state index is 0.0736. The van der Waals surface area contributed by atoms with Gasteiger partial charge in [0.1, 0.15) is 5.56 Å². The monoisotopic (exact) mass is 399 g/mol. The number of nitro groups is 1. The number of piperazine rings is 1. The topological polar surface area (TPSA) is 102 Å². The predicted octanol–water partition coefficient (Wildman–Crippen LogP) is 2.21. The molecule has 2 aromatic rings. The lowest BCUT2D eigenvalue weighted by Crippen LogP contribution is -2.50. The van der Waals surface area contributed by atoms with E-state index in [0.717, 1.165) is 0 Å². The van der Waals surface area contributed by atoms with Crippen molar-refractivity contribution in [2.75, 3.05) is 40.4 Å². The highest BCUT2D eigenvalue weighted by molar-refractivity contribution is 5.99. The van der Waals surface area contributed by atoms with E-state index in [2.05, 4.69) is 0 Å².